The number of likely N-dealkylation sites (tertiary alicyclic amines) is 2. The van der Waals surface area contributed by atoms with Crippen LogP contribution in [0.3, 0.4) is 0 Å². The fourth-order valence-electron chi connectivity index (χ4n) is 6.36. The van der Waals surface area contributed by atoms with E-state index in [1.807, 2.05) is 51.1 Å². The molecule has 232 valence electrons. The molecule has 3 aromatic rings. The van der Waals surface area contributed by atoms with E-state index in [1.54, 1.807) is 33.2 Å². The Morgan fingerprint density at radius 1 is 1.07 bits per heavy atom. The third-order valence-corrected chi connectivity index (χ3v) is 8.54. The van der Waals surface area contributed by atoms with Gasteiger partial charge in [0, 0.05) is 49.5 Å². The number of H-pyrrole nitrogens is 1. The number of para-hydroxylation sites is 1. The van der Waals surface area contributed by atoms with E-state index in [0.29, 0.717) is 56.7 Å². The van der Waals surface area contributed by atoms with E-state index in [2.05, 4.69) is 25.4 Å². The molecule has 0 saturated carbocycles. The number of pyridine rings is 1. The van der Waals surface area contributed by atoms with Crippen LogP contribution < -0.4 is 10.2 Å². The predicted octanol–water partition coefficient (Wildman–Crippen LogP) is 2.36. The Bertz CT molecular complexity index is 1560. The van der Waals surface area contributed by atoms with Crippen molar-refractivity contribution < 1.29 is 23.9 Å². The molecule has 3 saturated heterocycles. The Morgan fingerprint density at radius 2 is 1.82 bits per heavy atom. The molecule has 13 heteroatoms. The van der Waals surface area contributed by atoms with Gasteiger partial charge < -0.3 is 29.7 Å². The van der Waals surface area contributed by atoms with E-state index < -0.39 is 17.2 Å². The predicted molar refractivity (Wildman–Crippen MR) is 162 cm³/mol. The van der Waals surface area contributed by atoms with Crippen LogP contribution in [0.15, 0.2) is 48.8 Å². The lowest BCUT2D eigenvalue weighted by Gasteiger charge is -2.43. The minimum atomic E-state index is -0.869. The summed E-state index contributed by atoms with van der Waals surface area (Å²) in [4.78, 5) is 64.4. The van der Waals surface area contributed by atoms with E-state index in [0.717, 1.165) is 11.1 Å². The highest BCUT2D eigenvalue weighted by atomic mass is 16.6. The number of hydrogen-bond donors (Lipinski definition) is 2. The van der Waals surface area contributed by atoms with Crippen LogP contribution in [0, 0.1) is 0 Å². The van der Waals surface area contributed by atoms with Crippen molar-refractivity contribution in [2.24, 2.45) is 0 Å². The molecule has 5 heterocycles. The van der Waals surface area contributed by atoms with Gasteiger partial charge in [0.05, 0.1) is 18.4 Å². The SMILES string of the molecule is CC(C)(C)OC(=O)N1CCC(NC(=O)CN2CN(c3ccccc3)C3(CCN(C(=O)c4cnc5[nH]ncc5c4)CC3)C2=O)C1. The Balaban J connectivity index is 1.12. The summed E-state index contributed by atoms with van der Waals surface area (Å²) in [6.45, 7) is 7.27. The summed E-state index contributed by atoms with van der Waals surface area (Å²) < 4.78 is 5.46. The Morgan fingerprint density at radius 3 is 2.55 bits per heavy atom. The van der Waals surface area contributed by atoms with Crippen LogP contribution >= 0.6 is 0 Å². The topological polar surface area (TPSA) is 144 Å². The lowest BCUT2D eigenvalue weighted by molar-refractivity contribution is -0.137. The Kier molecular flexibility index (Phi) is 7.64. The molecule has 2 aromatic heterocycles. The van der Waals surface area contributed by atoms with E-state index in [1.165, 1.54) is 0 Å². The molecule has 0 aliphatic carbocycles. The first-order valence-corrected chi connectivity index (χ1v) is 15.0. The van der Waals surface area contributed by atoms with Gasteiger partial charge in [-0.05, 0) is 58.2 Å². The van der Waals surface area contributed by atoms with Crippen LogP contribution in [0.1, 0.15) is 50.4 Å². The number of ether oxygens (including phenoxy) is 1. The van der Waals surface area contributed by atoms with Gasteiger partial charge in [-0.1, -0.05) is 18.2 Å². The number of benzene rings is 1. The number of amides is 4. The minimum Gasteiger partial charge on any atom is -0.444 e. The second-order valence-electron chi connectivity index (χ2n) is 12.7. The first kappa shape index (κ1) is 29.4. The summed E-state index contributed by atoms with van der Waals surface area (Å²) in [7, 11) is 0. The van der Waals surface area contributed by atoms with Gasteiger partial charge in [-0.3, -0.25) is 19.5 Å². The molecule has 6 rings (SSSR count). The van der Waals surface area contributed by atoms with Crippen molar-refractivity contribution in [1.29, 1.82) is 0 Å². The maximum Gasteiger partial charge on any atom is 0.410 e. The maximum atomic E-state index is 14.1. The van der Waals surface area contributed by atoms with Crippen molar-refractivity contribution in [1.82, 2.24) is 35.2 Å². The summed E-state index contributed by atoms with van der Waals surface area (Å²) in [5.41, 5.74) is 0.521. The van der Waals surface area contributed by atoms with Crippen molar-refractivity contribution in [3.8, 4) is 0 Å². The molecular formula is C31H38N8O5. The maximum absolute atomic E-state index is 14.1. The van der Waals surface area contributed by atoms with Gasteiger partial charge >= 0.3 is 6.09 Å². The number of piperidine rings is 1. The molecule has 1 unspecified atom stereocenters. The summed E-state index contributed by atoms with van der Waals surface area (Å²) in [5.74, 6) is -0.526. The first-order valence-electron chi connectivity index (χ1n) is 15.0. The second kappa shape index (κ2) is 11.4. The van der Waals surface area contributed by atoms with E-state index >= 15 is 0 Å². The van der Waals surface area contributed by atoms with Crippen LogP contribution in [0.4, 0.5) is 10.5 Å². The Labute approximate surface area is 255 Å². The van der Waals surface area contributed by atoms with Crippen molar-refractivity contribution >= 4 is 40.5 Å². The van der Waals surface area contributed by atoms with Crippen molar-refractivity contribution in [2.75, 3.05) is 44.3 Å². The first-order chi connectivity index (χ1) is 21.0. The fraction of sp³-hybridized carbons (Fsp3) is 0.484. The van der Waals surface area contributed by atoms with Gasteiger partial charge in [0.2, 0.25) is 5.91 Å². The molecule has 2 N–H and O–H groups in total. The zero-order valence-electron chi connectivity index (χ0n) is 25.3. The summed E-state index contributed by atoms with van der Waals surface area (Å²) >= 11 is 0. The third-order valence-electron chi connectivity index (χ3n) is 8.54. The van der Waals surface area contributed by atoms with Crippen LogP contribution in [0.5, 0.6) is 0 Å². The highest BCUT2D eigenvalue weighted by Crippen LogP contribution is 2.39. The van der Waals surface area contributed by atoms with Crippen LogP contribution in [0.2, 0.25) is 0 Å². The summed E-state index contributed by atoms with van der Waals surface area (Å²) in [6, 6.07) is 11.3. The number of fused-ring (bicyclic) bond motifs is 1. The lowest BCUT2D eigenvalue weighted by atomic mass is 9.85. The van der Waals surface area contributed by atoms with Crippen LogP contribution in [-0.2, 0) is 14.3 Å². The molecule has 1 spiro atoms. The molecule has 3 aliphatic heterocycles. The number of carbonyl (C=O) groups excluding carboxylic acids is 4. The van der Waals surface area contributed by atoms with E-state index in [-0.39, 0.29) is 37.0 Å². The number of aromatic amines is 1. The number of anilines is 1. The van der Waals surface area contributed by atoms with Gasteiger partial charge in [0.1, 0.15) is 17.7 Å². The largest absolute Gasteiger partial charge is 0.444 e. The average Bonchev–Trinajstić information content (AvgIpc) is 3.72. The number of carbonyl (C=O) groups is 4. The highest BCUT2D eigenvalue weighted by Gasteiger charge is 2.54. The molecule has 13 nitrogen and oxygen atoms in total. The molecule has 1 aromatic carbocycles. The number of aromatic nitrogens is 3. The summed E-state index contributed by atoms with van der Waals surface area (Å²) in [5, 5.41) is 10.5. The molecule has 44 heavy (non-hydrogen) atoms. The number of nitrogens with one attached hydrogen (secondary N) is 2. The zero-order valence-corrected chi connectivity index (χ0v) is 25.3. The van der Waals surface area contributed by atoms with Crippen LogP contribution in [-0.4, -0.2) is 110 Å². The quantitative estimate of drug-likeness (QED) is 0.453. The van der Waals surface area contributed by atoms with Crippen molar-refractivity contribution in [2.45, 2.75) is 57.2 Å². The van der Waals surface area contributed by atoms with Gasteiger partial charge in [-0.15, -0.1) is 0 Å². The standard InChI is InChI=1S/C31H38N8O5/c1-30(2,3)44-29(43)37-12-9-23(18-37)34-25(40)19-38-20-39(24-7-5-4-6-8-24)31(28(38)42)10-13-36(14-11-31)27(41)22-15-21-17-33-35-26(21)32-16-22/h4-8,15-17,23H,9-14,18-20H2,1-3H3,(H,34,40)(H,32,33,35). The van der Waals surface area contributed by atoms with Gasteiger partial charge in [-0.25, -0.2) is 9.78 Å². The van der Waals surface area contributed by atoms with E-state index in [4.69, 9.17) is 4.74 Å². The normalized spacial score (nSPS) is 20.1. The smallest absolute Gasteiger partial charge is 0.410 e. The number of hydrogen-bond acceptors (Lipinski definition) is 8. The highest BCUT2D eigenvalue weighted by molar-refractivity contribution is 5.98. The average molecular weight is 603 g/mol. The van der Waals surface area contributed by atoms with Gasteiger partial charge in [-0.2, -0.15) is 5.10 Å². The number of nitrogens with zero attached hydrogens (tertiary/aromatic N) is 6. The van der Waals surface area contributed by atoms with Crippen molar-refractivity contribution in [3.05, 3.63) is 54.4 Å². The third kappa shape index (κ3) is 5.78. The monoisotopic (exact) mass is 602 g/mol. The van der Waals surface area contributed by atoms with Crippen molar-refractivity contribution in [3.63, 3.8) is 0 Å². The van der Waals surface area contributed by atoms with E-state index in [9.17, 15) is 19.2 Å². The van der Waals surface area contributed by atoms with Gasteiger partial charge in [0.15, 0.2) is 5.65 Å². The lowest BCUT2D eigenvalue weighted by Crippen LogP contribution is -2.57. The zero-order chi connectivity index (χ0) is 31.1. The molecule has 0 radical (unpaired) electrons. The molecule has 4 amide bonds. The molecule has 1 atom stereocenters. The second-order valence-corrected chi connectivity index (χ2v) is 12.7. The fourth-order valence-corrected chi connectivity index (χ4v) is 6.36. The molecular weight excluding hydrogens is 564 g/mol. The molecule has 0 bridgehead atoms. The summed E-state index contributed by atoms with van der Waals surface area (Å²) in [6.07, 6.45) is 4.26. The van der Waals surface area contributed by atoms with Crippen LogP contribution in [0.25, 0.3) is 11.0 Å². The molecule has 3 aliphatic rings. The molecule has 3 fully saturated rings. The van der Waals surface area contributed by atoms with Gasteiger partial charge in [0.25, 0.3) is 11.8 Å². The minimum absolute atomic E-state index is 0.0914. The Hall–Kier alpha value is -4.68. The number of rotatable bonds is 5.